The van der Waals surface area contributed by atoms with Crippen molar-refractivity contribution in [2.75, 3.05) is 0 Å². The molecule has 18 heteroatoms. The van der Waals surface area contributed by atoms with Gasteiger partial charge in [-0.1, -0.05) is 0 Å². The van der Waals surface area contributed by atoms with Gasteiger partial charge >= 0.3 is 21.1 Å². The third-order valence-corrected chi connectivity index (χ3v) is 0. The zero-order valence-corrected chi connectivity index (χ0v) is 9.60. The number of hydrogen-bond acceptors (Lipinski definition) is 12. The fourth-order valence-electron chi connectivity index (χ4n) is 0. The Labute approximate surface area is 109 Å². The van der Waals surface area contributed by atoms with Crippen molar-refractivity contribution in [3.63, 3.8) is 0 Å². The van der Waals surface area contributed by atoms with E-state index >= 15 is 0 Å². The van der Waals surface area contributed by atoms with E-state index in [-0.39, 0.29) is 26.5 Å². The van der Waals surface area contributed by atoms with Crippen LogP contribution in [0.25, 0.3) is 0 Å². The van der Waals surface area contributed by atoms with Crippen LogP contribution in [0.15, 0.2) is 0 Å². The number of nitrogens with zero attached hydrogens (tertiary/aromatic N) is 4. The van der Waals surface area contributed by atoms with E-state index in [9.17, 15) is 0 Å². The first-order chi connectivity index (χ1) is 6.93. The molecule has 0 saturated carbocycles. The van der Waals surface area contributed by atoms with Gasteiger partial charge in [0.05, 0.1) is 20.3 Å². The van der Waals surface area contributed by atoms with E-state index in [0.717, 1.165) is 0 Å². The summed E-state index contributed by atoms with van der Waals surface area (Å²) in [5, 5.41) is 59.0. The first-order valence-corrected chi connectivity index (χ1v) is 2.19. The second kappa shape index (κ2) is 29.3. The third kappa shape index (κ3) is 320. The number of rotatable bonds is 0. The molecule has 0 saturated heterocycles. The Morgan fingerprint density at radius 1 is 0.444 bits per heavy atom. The van der Waals surface area contributed by atoms with Crippen LogP contribution in [0.4, 0.5) is 0 Å². The summed E-state index contributed by atoms with van der Waals surface area (Å²) in [6.07, 6.45) is 0. The van der Waals surface area contributed by atoms with E-state index in [0.29, 0.717) is 0 Å². The van der Waals surface area contributed by atoms with Gasteiger partial charge in [0.1, 0.15) is 0 Å². The smallest absolute Gasteiger partial charge is 0.412 e. The SMILES string of the molecule is O.O=[N+]([O-])[O-].O=[N+]([O-])[O-].O=[N+]([O-])[O-].O=[N+]([O-])[O-].[Mo+4]. The zero-order valence-electron chi connectivity index (χ0n) is 7.60. The van der Waals surface area contributed by atoms with Gasteiger partial charge in [0.2, 0.25) is 0 Å². The van der Waals surface area contributed by atoms with Crippen LogP contribution < -0.4 is 0 Å². The Kier molecular flexibility index (Phi) is 58.7. The van der Waals surface area contributed by atoms with E-state index in [1.54, 1.807) is 0 Å². The largest absolute Gasteiger partial charge is 4.00 e. The molecule has 0 aromatic heterocycles. The molecule has 0 radical (unpaired) electrons. The summed E-state index contributed by atoms with van der Waals surface area (Å²) in [5.74, 6) is 0. The van der Waals surface area contributed by atoms with E-state index in [1.807, 2.05) is 0 Å². The minimum absolute atomic E-state index is 0. The average Bonchev–Trinajstić information content (AvgIpc) is 1.76. The van der Waals surface area contributed by atoms with Crippen molar-refractivity contribution >= 4 is 0 Å². The summed E-state index contributed by atoms with van der Waals surface area (Å²) in [6, 6.07) is 0. The van der Waals surface area contributed by atoms with Gasteiger partial charge in [0.15, 0.2) is 0 Å². The van der Waals surface area contributed by atoms with Gasteiger partial charge < -0.3 is 66.8 Å². The van der Waals surface area contributed by atoms with Crippen molar-refractivity contribution in [3.8, 4) is 0 Å². The predicted molar refractivity (Wildman–Crippen MR) is 45.1 cm³/mol. The van der Waals surface area contributed by atoms with Gasteiger partial charge in [-0.05, 0) is 0 Å². The fraction of sp³-hybridized carbons (Fsp3) is 0. The van der Waals surface area contributed by atoms with Crippen LogP contribution in [0.2, 0.25) is 0 Å². The molecule has 0 heterocycles. The maximum Gasteiger partial charge on any atom is 4.00 e. The molecule has 18 heavy (non-hydrogen) atoms. The van der Waals surface area contributed by atoms with E-state index in [1.165, 1.54) is 0 Å². The predicted octanol–water partition coefficient (Wildman–Crippen LogP) is -1.78. The summed E-state index contributed by atoms with van der Waals surface area (Å²) in [5.41, 5.74) is 0. The Bertz CT molecular complexity index is 159. The van der Waals surface area contributed by atoms with Crippen molar-refractivity contribution in [3.05, 3.63) is 61.3 Å². The minimum atomic E-state index is -1.75. The van der Waals surface area contributed by atoms with Crippen LogP contribution in [0, 0.1) is 61.3 Å². The van der Waals surface area contributed by atoms with Gasteiger partial charge in [0.25, 0.3) is 0 Å². The molecule has 0 bridgehead atoms. The molecule has 0 aliphatic heterocycles. The van der Waals surface area contributed by atoms with E-state index < -0.39 is 20.3 Å². The topological polar surface area (TPSA) is 296 Å². The summed E-state index contributed by atoms with van der Waals surface area (Å²) >= 11 is 0. The average molecular weight is 362 g/mol. The van der Waals surface area contributed by atoms with Crippen molar-refractivity contribution in [2.24, 2.45) is 0 Å². The van der Waals surface area contributed by atoms with E-state index in [2.05, 4.69) is 0 Å². The Balaban J connectivity index is -0.0000000257. The molecular weight excluding hydrogens is 360 g/mol. The molecule has 0 amide bonds. The van der Waals surface area contributed by atoms with Gasteiger partial charge in [-0.15, -0.1) is 0 Å². The van der Waals surface area contributed by atoms with Crippen LogP contribution in [0.3, 0.4) is 0 Å². The Hall–Kier alpha value is -2.55. The molecule has 0 aliphatic rings. The molecule has 106 valence electrons. The van der Waals surface area contributed by atoms with Crippen LogP contribution in [-0.2, 0) is 21.1 Å². The minimum Gasteiger partial charge on any atom is -0.412 e. The maximum absolute atomic E-state index is 8.25. The maximum atomic E-state index is 8.25. The second-order valence-corrected chi connectivity index (χ2v) is 0.894. The molecule has 17 nitrogen and oxygen atoms in total. The van der Waals surface area contributed by atoms with Crippen molar-refractivity contribution in [1.82, 2.24) is 0 Å². The Morgan fingerprint density at radius 3 is 0.444 bits per heavy atom. The van der Waals surface area contributed by atoms with Gasteiger partial charge in [-0.25, -0.2) is 0 Å². The Morgan fingerprint density at radius 2 is 0.444 bits per heavy atom. The molecule has 0 atom stereocenters. The normalized spacial score (nSPS) is 5.33. The van der Waals surface area contributed by atoms with Crippen LogP contribution in [0.5, 0.6) is 0 Å². The van der Waals surface area contributed by atoms with Crippen molar-refractivity contribution in [1.29, 1.82) is 0 Å². The van der Waals surface area contributed by atoms with Crippen molar-refractivity contribution in [2.45, 2.75) is 0 Å². The summed E-state index contributed by atoms with van der Waals surface area (Å²) in [7, 11) is 0. The molecule has 0 unspecified atom stereocenters. The molecular formula is H2MoN4O13. The summed E-state index contributed by atoms with van der Waals surface area (Å²) in [4.78, 5) is 33.0. The first kappa shape index (κ1) is 36.1. The molecule has 0 rings (SSSR count). The fourth-order valence-corrected chi connectivity index (χ4v) is 0. The van der Waals surface area contributed by atoms with Crippen LogP contribution >= 0.6 is 0 Å². The van der Waals surface area contributed by atoms with Gasteiger partial charge in [0, 0.05) is 0 Å². The summed E-state index contributed by atoms with van der Waals surface area (Å²) < 4.78 is 0. The molecule has 0 aromatic rings. The standard InChI is InChI=1S/Mo.4NO3.H2O/c;4*2-1(3)4;/h;;;;;1H2/q+4;4*-1;. The molecule has 2 N–H and O–H groups in total. The molecule has 0 spiro atoms. The van der Waals surface area contributed by atoms with Crippen LogP contribution in [0.1, 0.15) is 0 Å². The third-order valence-electron chi connectivity index (χ3n) is 0. The molecule has 0 aromatic carbocycles. The quantitative estimate of drug-likeness (QED) is 0.262. The first-order valence-electron chi connectivity index (χ1n) is 2.19. The van der Waals surface area contributed by atoms with Crippen molar-refractivity contribution < 1.29 is 46.9 Å². The van der Waals surface area contributed by atoms with Gasteiger partial charge in [-0.2, -0.15) is 0 Å². The van der Waals surface area contributed by atoms with Gasteiger partial charge in [-0.3, -0.25) is 0 Å². The summed E-state index contributed by atoms with van der Waals surface area (Å²) in [6.45, 7) is 0. The van der Waals surface area contributed by atoms with Crippen LogP contribution in [-0.4, -0.2) is 25.8 Å². The second-order valence-electron chi connectivity index (χ2n) is 0.894. The number of hydrogen-bond donors (Lipinski definition) is 0. The molecule has 0 aliphatic carbocycles. The van der Waals surface area contributed by atoms with E-state index in [4.69, 9.17) is 61.3 Å². The molecule has 0 fully saturated rings. The zero-order chi connectivity index (χ0) is 14.3. The monoisotopic (exact) mass is 364 g/mol.